The molecule has 1 aromatic carbocycles. The van der Waals surface area contributed by atoms with Crippen molar-refractivity contribution in [3.05, 3.63) is 35.4 Å². The van der Waals surface area contributed by atoms with Gasteiger partial charge in [-0.3, -0.25) is 0 Å². The number of nitrogens with zero attached hydrogens (tertiary/aromatic N) is 1. The molecule has 0 spiro atoms. The molecular weight excluding hydrogens is 248 g/mol. The second-order valence-corrected chi connectivity index (χ2v) is 6.42. The highest BCUT2D eigenvalue weighted by molar-refractivity contribution is 7.89. The van der Waals surface area contributed by atoms with Crippen LogP contribution in [0.3, 0.4) is 0 Å². The summed E-state index contributed by atoms with van der Waals surface area (Å²) in [5.41, 5.74) is 8.59. The monoisotopic (exact) mass is 268 g/mol. The lowest BCUT2D eigenvalue weighted by molar-refractivity contribution is 0.498. The van der Waals surface area contributed by atoms with Crippen molar-refractivity contribution < 1.29 is 8.42 Å². The van der Waals surface area contributed by atoms with Gasteiger partial charge in [-0.15, -0.1) is 6.58 Å². The van der Waals surface area contributed by atoms with Crippen LogP contribution in [0, 0.1) is 20.8 Å². The minimum Gasteiger partial charge on any atom is -0.398 e. The van der Waals surface area contributed by atoms with Crippen LogP contribution in [0.1, 0.15) is 16.7 Å². The van der Waals surface area contributed by atoms with Gasteiger partial charge in [0.1, 0.15) is 0 Å². The standard InChI is InChI=1S/C13H20N2O2S/c1-6-7-15(5)18(16,17)13-10(3)9(2)8-12(14)11(13)4/h6,8H,1,7,14H2,2-5H3. The number of nitrogen functional groups attached to an aromatic ring is 1. The van der Waals surface area contributed by atoms with E-state index in [2.05, 4.69) is 6.58 Å². The molecule has 4 nitrogen and oxygen atoms in total. The van der Waals surface area contributed by atoms with Crippen molar-refractivity contribution >= 4 is 15.7 Å². The quantitative estimate of drug-likeness (QED) is 0.671. The summed E-state index contributed by atoms with van der Waals surface area (Å²) in [5, 5.41) is 0. The molecule has 0 aromatic heterocycles. The predicted octanol–water partition coefficient (Wildman–Crippen LogP) is 2.00. The zero-order chi connectivity index (χ0) is 14.1. The average molecular weight is 268 g/mol. The van der Waals surface area contributed by atoms with Crippen LogP contribution >= 0.6 is 0 Å². The van der Waals surface area contributed by atoms with E-state index in [1.54, 1.807) is 26.0 Å². The van der Waals surface area contributed by atoms with Crippen LogP contribution in [-0.4, -0.2) is 26.3 Å². The Hall–Kier alpha value is -1.33. The largest absolute Gasteiger partial charge is 0.398 e. The van der Waals surface area contributed by atoms with E-state index in [4.69, 9.17) is 5.73 Å². The highest BCUT2D eigenvalue weighted by Crippen LogP contribution is 2.29. The molecule has 0 aliphatic heterocycles. The maximum Gasteiger partial charge on any atom is 0.243 e. The van der Waals surface area contributed by atoms with Gasteiger partial charge in [-0.05, 0) is 43.5 Å². The van der Waals surface area contributed by atoms with Crippen molar-refractivity contribution in [3.63, 3.8) is 0 Å². The summed E-state index contributed by atoms with van der Waals surface area (Å²) in [4.78, 5) is 0.310. The number of hydrogen-bond acceptors (Lipinski definition) is 3. The van der Waals surface area contributed by atoms with Crippen LogP contribution in [0.4, 0.5) is 5.69 Å². The molecule has 0 aliphatic carbocycles. The first-order valence-electron chi connectivity index (χ1n) is 5.67. The molecule has 0 saturated carbocycles. The zero-order valence-electron chi connectivity index (χ0n) is 11.3. The van der Waals surface area contributed by atoms with Crippen molar-refractivity contribution in [2.75, 3.05) is 19.3 Å². The molecule has 0 atom stereocenters. The molecule has 2 N–H and O–H groups in total. The van der Waals surface area contributed by atoms with Gasteiger partial charge in [-0.2, -0.15) is 4.31 Å². The molecule has 0 unspecified atom stereocenters. The third kappa shape index (κ3) is 2.42. The highest BCUT2D eigenvalue weighted by atomic mass is 32.2. The fourth-order valence-electron chi connectivity index (χ4n) is 1.86. The van der Waals surface area contributed by atoms with Crippen LogP contribution in [0.5, 0.6) is 0 Å². The summed E-state index contributed by atoms with van der Waals surface area (Å²) < 4.78 is 26.3. The molecule has 0 aliphatic rings. The molecular formula is C13H20N2O2S. The van der Waals surface area contributed by atoms with E-state index in [0.29, 0.717) is 16.1 Å². The van der Waals surface area contributed by atoms with Gasteiger partial charge in [0.2, 0.25) is 10.0 Å². The van der Waals surface area contributed by atoms with E-state index in [0.717, 1.165) is 11.1 Å². The molecule has 0 bridgehead atoms. The first-order valence-corrected chi connectivity index (χ1v) is 7.11. The summed E-state index contributed by atoms with van der Waals surface area (Å²) in [7, 11) is -1.99. The summed E-state index contributed by atoms with van der Waals surface area (Å²) >= 11 is 0. The number of likely N-dealkylation sites (N-methyl/N-ethyl adjacent to an activating group) is 1. The summed E-state index contributed by atoms with van der Waals surface area (Å²) in [6.45, 7) is 9.22. The SMILES string of the molecule is C=CCN(C)S(=O)(=O)c1c(C)c(C)cc(N)c1C. The van der Waals surface area contributed by atoms with Gasteiger partial charge in [-0.25, -0.2) is 8.42 Å². The van der Waals surface area contributed by atoms with Gasteiger partial charge in [0.05, 0.1) is 4.90 Å². The lowest BCUT2D eigenvalue weighted by Crippen LogP contribution is -2.28. The summed E-state index contributed by atoms with van der Waals surface area (Å²) in [5.74, 6) is 0. The van der Waals surface area contributed by atoms with Crippen molar-refractivity contribution in [1.29, 1.82) is 0 Å². The van der Waals surface area contributed by atoms with E-state index < -0.39 is 10.0 Å². The molecule has 0 fully saturated rings. The Balaban J connectivity index is 3.55. The molecule has 0 amide bonds. The topological polar surface area (TPSA) is 63.4 Å². The van der Waals surface area contributed by atoms with E-state index in [1.807, 2.05) is 6.92 Å². The molecule has 18 heavy (non-hydrogen) atoms. The van der Waals surface area contributed by atoms with Crippen molar-refractivity contribution in [3.8, 4) is 0 Å². The normalized spacial score (nSPS) is 11.8. The number of nitrogens with two attached hydrogens (primary N) is 1. The number of sulfonamides is 1. The van der Waals surface area contributed by atoms with Gasteiger partial charge in [0.15, 0.2) is 0 Å². The summed E-state index contributed by atoms with van der Waals surface area (Å²) in [6.07, 6.45) is 1.56. The van der Waals surface area contributed by atoms with Crippen molar-refractivity contribution in [1.82, 2.24) is 4.31 Å². The van der Waals surface area contributed by atoms with Gasteiger partial charge in [0, 0.05) is 19.3 Å². The molecule has 100 valence electrons. The maximum absolute atomic E-state index is 12.5. The average Bonchev–Trinajstić information content (AvgIpc) is 2.26. The fraction of sp³-hybridized carbons (Fsp3) is 0.385. The fourth-order valence-corrected chi connectivity index (χ4v) is 3.53. The van der Waals surface area contributed by atoms with E-state index >= 15 is 0 Å². The first kappa shape index (κ1) is 14.7. The van der Waals surface area contributed by atoms with E-state index in [9.17, 15) is 8.42 Å². The van der Waals surface area contributed by atoms with E-state index in [-0.39, 0.29) is 6.54 Å². The van der Waals surface area contributed by atoms with Crippen molar-refractivity contribution in [2.45, 2.75) is 25.7 Å². The molecule has 1 aromatic rings. The molecule has 1 rings (SSSR count). The third-order valence-electron chi connectivity index (χ3n) is 3.13. The van der Waals surface area contributed by atoms with Gasteiger partial charge < -0.3 is 5.73 Å². The Kier molecular flexibility index (Phi) is 4.19. The molecule has 0 saturated heterocycles. The van der Waals surface area contributed by atoms with Crippen LogP contribution in [-0.2, 0) is 10.0 Å². The van der Waals surface area contributed by atoms with Gasteiger partial charge in [0.25, 0.3) is 0 Å². The van der Waals surface area contributed by atoms with Crippen molar-refractivity contribution in [2.24, 2.45) is 0 Å². The Morgan fingerprint density at radius 1 is 1.33 bits per heavy atom. The number of benzene rings is 1. The van der Waals surface area contributed by atoms with Crippen LogP contribution in [0.15, 0.2) is 23.6 Å². The van der Waals surface area contributed by atoms with Gasteiger partial charge in [-0.1, -0.05) is 6.08 Å². The van der Waals surface area contributed by atoms with Crippen LogP contribution in [0.25, 0.3) is 0 Å². The Morgan fingerprint density at radius 3 is 2.39 bits per heavy atom. The number of aryl methyl sites for hydroxylation is 1. The predicted molar refractivity (Wildman–Crippen MR) is 75.1 cm³/mol. The molecule has 5 heteroatoms. The third-order valence-corrected chi connectivity index (χ3v) is 5.23. The van der Waals surface area contributed by atoms with Crippen LogP contribution < -0.4 is 5.73 Å². The highest BCUT2D eigenvalue weighted by Gasteiger charge is 2.25. The van der Waals surface area contributed by atoms with Crippen LogP contribution in [0.2, 0.25) is 0 Å². The minimum absolute atomic E-state index is 0.273. The second-order valence-electron chi connectivity index (χ2n) is 4.44. The molecule has 0 radical (unpaired) electrons. The zero-order valence-corrected chi connectivity index (χ0v) is 12.1. The van der Waals surface area contributed by atoms with E-state index in [1.165, 1.54) is 11.4 Å². The lowest BCUT2D eigenvalue weighted by Gasteiger charge is -2.20. The second kappa shape index (κ2) is 5.12. The maximum atomic E-state index is 12.5. The Bertz CT molecular complexity index is 551. The Morgan fingerprint density at radius 2 is 1.89 bits per heavy atom. The smallest absolute Gasteiger partial charge is 0.243 e. The summed E-state index contributed by atoms with van der Waals surface area (Å²) in [6, 6.07) is 1.80. The molecule has 0 heterocycles. The van der Waals surface area contributed by atoms with Gasteiger partial charge >= 0.3 is 0 Å². The number of rotatable bonds is 4. The Labute approximate surface area is 109 Å². The number of hydrogen-bond donors (Lipinski definition) is 1. The number of anilines is 1. The lowest BCUT2D eigenvalue weighted by atomic mass is 10.1. The minimum atomic E-state index is -3.53. The first-order chi connectivity index (χ1) is 8.23.